The molecule has 0 radical (unpaired) electrons. The topological polar surface area (TPSA) is 94.6 Å². The van der Waals surface area contributed by atoms with E-state index in [0.29, 0.717) is 24.1 Å². The summed E-state index contributed by atoms with van der Waals surface area (Å²) in [5, 5.41) is 22.1. The van der Waals surface area contributed by atoms with E-state index in [0.717, 1.165) is 51.4 Å². The number of nitro benzene ring substituents is 1. The summed E-state index contributed by atoms with van der Waals surface area (Å²) in [5.74, 6) is -0.302. The Labute approximate surface area is 165 Å². The molecule has 7 nitrogen and oxygen atoms in total. The first-order chi connectivity index (χ1) is 13.5. The summed E-state index contributed by atoms with van der Waals surface area (Å²) in [6, 6.07) is 4.16. The molecule has 0 bridgehead atoms. The minimum atomic E-state index is -0.499. The Hall–Kier alpha value is -2.57. The maximum absolute atomic E-state index is 13.0. The molecule has 7 heteroatoms. The lowest BCUT2D eigenvalue weighted by molar-refractivity contribution is -0.384. The van der Waals surface area contributed by atoms with Gasteiger partial charge in [0.1, 0.15) is 0 Å². The second kappa shape index (κ2) is 10.7. The van der Waals surface area contributed by atoms with Gasteiger partial charge in [-0.3, -0.25) is 14.9 Å². The largest absolute Gasteiger partial charge is 0.504 e. The monoisotopic (exact) mass is 390 g/mol. The van der Waals surface area contributed by atoms with E-state index in [9.17, 15) is 20.0 Å². The molecular formula is C21H30N2O5. The van der Waals surface area contributed by atoms with Crippen molar-refractivity contribution in [3.63, 3.8) is 0 Å². The van der Waals surface area contributed by atoms with Crippen LogP contribution in [0, 0.1) is 10.1 Å². The molecule has 0 amide bonds. The Morgan fingerprint density at radius 1 is 1.07 bits per heavy atom. The molecular weight excluding hydrogens is 360 g/mol. The predicted molar refractivity (Wildman–Crippen MR) is 110 cm³/mol. The first-order valence-corrected chi connectivity index (χ1v) is 10.2. The van der Waals surface area contributed by atoms with Crippen molar-refractivity contribution in [1.82, 2.24) is 4.57 Å². The minimum Gasteiger partial charge on any atom is -0.504 e. The zero-order chi connectivity index (χ0) is 20.5. The van der Waals surface area contributed by atoms with Crippen molar-refractivity contribution in [2.75, 3.05) is 6.61 Å². The average Bonchev–Trinajstić information content (AvgIpc) is 2.69. The number of hydrogen-bond donors (Lipinski definition) is 1. The van der Waals surface area contributed by atoms with Crippen molar-refractivity contribution < 1.29 is 14.8 Å². The van der Waals surface area contributed by atoms with Gasteiger partial charge in [-0.15, -0.1) is 0 Å². The quantitative estimate of drug-likeness (QED) is 0.307. The van der Waals surface area contributed by atoms with E-state index in [-0.39, 0.29) is 17.2 Å². The predicted octanol–water partition coefficient (Wildman–Crippen LogP) is 5.15. The molecule has 0 aliphatic rings. The highest BCUT2D eigenvalue weighted by Gasteiger charge is 2.20. The Bertz CT molecular complexity index is 860. The molecule has 0 fully saturated rings. The van der Waals surface area contributed by atoms with E-state index in [1.54, 1.807) is 0 Å². The third kappa shape index (κ3) is 5.24. The fourth-order valence-electron chi connectivity index (χ4n) is 3.26. The van der Waals surface area contributed by atoms with Crippen LogP contribution >= 0.6 is 0 Å². The Morgan fingerprint density at radius 3 is 2.39 bits per heavy atom. The fraction of sp³-hybridized carbons (Fsp3) is 0.571. The van der Waals surface area contributed by atoms with E-state index in [1.165, 1.54) is 22.8 Å². The number of aromatic hydroxyl groups is 1. The summed E-state index contributed by atoms with van der Waals surface area (Å²) >= 11 is 0. The van der Waals surface area contributed by atoms with Gasteiger partial charge < -0.3 is 14.4 Å². The number of aromatic nitrogens is 1. The first-order valence-electron chi connectivity index (χ1n) is 10.2. The van der Waals surface area contributed by atoms with Gasteiger partial charge in [-0.05, 0) is 18.9 Å². The molecule has 1 aromatic carbocycles. The van der Waals surface area contributed by atoms with Crippen molar-refractivity contribution in [3.8, 4) is 11.5 Å². The molecule has 0 saturated heterocycles. The Kier molecular flexibility index (Phi) is 8.29. The van der Waals surface area contributed by atoms with Crippen molar-refractivity contribution in [3.05, 3.63) is 38.7 Å². The van der Waals surface area contributed by atoms with Crippen LogP contribution in [0.2, 0.25) is 0 Å². The standard InChI is InChI=1S/C21H30N2O5/c1-3-5-7-9-13-22-18-15-16(23(26)27)11-12-17(18)19(24)20(21(22)25)28-14-10-8-6-4-2/h11-12,15,24H,3-10,13-14H2,1-2H3. The molecule has 2 aromatic rings. The Balaban J connectivity index is 2.41. The molecule has 0 atom stereocenters. The van der Waals surface area contributed by atoms with Gasteiger partial charge in [-0.1, -0.05) is 52.4 Å². The number of nitrogens with zero attached hydrogens (tertiary/aromatic N) is 2. The van der Waals surface area contributed by atoms with Crippen LogP contribution in [0.15, 0.2) is 23.0 Å². The highest BCUT2D eigenvalue weighted by atomic mass is 16.6. The van der Waals surface area contributed by atoms with Gasteiger partial charge in [0.2, 0.25) is 5.75 Å². The third-order valence-electron chi connectivity index (χ3n) is 4.87. The first kappa shape index (κ1) is 21.7. The van der Waals surface area contributed by atoms with Crippen LogP contribution in [-0.2, 0) is 6.54 Å². The second-order valence-electron chi connectivity index (χ2n) is 7.06. The minimum absolute atomic E-state index is 0.0617. The number of fused-ring (bicyclic) bond motifs is 1. The second-order valence-corrected chi connectivity index (χ2v) is 7.06. The van der Waals surface area contributed by atoms with Crippen molar-refractivity contribution in [2.24, 2.45) is 0 Å². The molecule has 0 unspecified atom stereocenters. The SMILES string of the molecule is CCCCCCOc1c(O)c2ccc([N+](=O)[O-])cc2n(CCCCCC)c1=O. The van der Waals surface area contributed by atoms with E-state index in [1.807, 2.05) is 0 Å². The number of nitro groups is 1. The van der Waals surface area contributed by atoms with Gasteiger partial charge in [-0.2, -0.15) is 0 Å². The van der Waals surface area contributed by atoms with E-state index in [4.69, 9.17) is 4.74 Å². The molecule has 0 aliphatic heterocycles. The van der Waals surface area contributed by atoms with Gasteiger partial charge in [0.25, 0.3) is 11.2 Å². The number of benzene rings is 1. The number of non-ortho nitro benzene ring substituents is 1. The molecule has 2 rings (SSSR count). The maximum Gasteiger partial charge on any atom is 0.297 e. The molecule has 0 aliphatic carbocycles. The lowest BCUT2D eigenvalue weighted by Crippen LogP contribution is -2.23. The van der Waals surface area contributed by atoms with E-state index >= 15 is 0 Å². The van der Waals surface area contributed by atoms with Crippen LogP contribution in [-0.4, -0.2) is 21.2 Å². The lowest BCUT2D eigenvalue weighted by Gasteiger charge is -2.15. The summed E-state index contributed by atoms with van der Waals surface area (Å²) in [4.78, 5) is 23.6. The van der Waals surface area contributed by atoms with Crippen LogP contribution < -0.4 is 10.3 Å². The highest BCUT2D eigenvalue weighted by molar-refractivity contribution is 5.89. The molecule has 0 spiro atoms. The summed E-state index contributed by atoms with van der Waals surface area (Å²) in [5.41, 5.74) is -0.175. The number of hydrogen-bond acceptors (Lipinski definition) is 5. The molecule has 1 N–H and O–H groups in total. The van der Waals surface area contributed by atoms with Gasteiger partial charge in [0, 0.05) is 24.1 Å². The van der Waals surface area contributed by atoms with Crippen LogP contribution in [0.5, 0.6) is 11.5 Å². The molecule has 154 valence electrons. The summed E-state index contributed by atoms with van der Waals surface area (Å²) in [6.45, 7) is 5.02. The number of ether oxygens (including phenoxy) is 1. The highest BCUT2D eigenvalue weighted by Crippen LogP contribution is 2.33. The molecule has 0 saturated carbocycles. The molecule has 1 heterocycles. The smallest absolute Gasteiger partial charge is 0.297 e. The van der Waals surface area contributed by atoms with E-state index in [2.05, 4.69) is 13.8 Å². The number of pyridine rings is 1. The normalized spacial score (nSPS) is 11.1. The van der Waals surface area contributed by atoms with E-state index < -0.39 is 10.5 Å². The van der Waals surface area contributed by atoms with Crippen LogP contribution in [0.25, 0.3) is 10.9 Å². The number of unbranched alkanes of at least 4 members (excludes halogenated alkanes) is 6. The maximum atomic E-state index is 13.0. The van der Waals surface area contributed by atoms with Gasteiger partial charge in [0.05, 0.1) is 17.0 Å². The molecule has 28 heavy (non-hydrogen) atoms. The fourth-order valence-corrected chi connectivity index (χ4v) is 3.26. The molecule has 1 aromatic heterocycles. The summed E-state index contributed by atoms with van der Waals surface area (Å²) in [6.07, 6.45) is 7.89. The lowest BCUT2D eigenvalue weighted by atomic mass is 10.1. The van der Waals surface area contributed by atoms with Crippen molar-refractivity contribution in [2.45, 2.75) is 71.8 Å². The van der Waals surface area contributed by atoms with Gasteiger partial charge in [-0.25, -0.2) is 0 Å². The van der Waals surface area contributed by atoms with Gasteiger partial charge >= 0.3 is 0 Å². The van der Waals surface area contributed by atoms with Crippen LogP contribution in [0.4, 0.5) is 5.69 Å². The third-order valence-corrected chi connectivity index (χ3v) is 4.87. The van der Waals surface area contributed by atoms with Gasteiger partial charge in [0.15, 0.2) is 5.75 Å². The van der Waals surface area contributed by atoms with Crippen LogP contribution in [0.1, 0.15) is 65.2 Å². The number of rotatable bonds is 12. The number of aryl methyl sites for hydroxylation is 1. The summed E-state index contributed by atoms with van der Waals surface area (Å²) < 4.78 is 7.15. The summed E-state index contributed by atoms with van der Waals surface area (Å²) in [7, 11) is 0. The zero-order valence-electron chi connectivity index (χ0n) is 16.8. The van der Waals surface area contributed by atoms with Crippen molar-refractivity contribution in [1.29, 1.82) is 0 Å². The zero-order valence-corrected chi connectivity index (χ0v) is 16.8. The Morgan fingerprint density at radius 2 is 1.75 bits per heavy atom. The van der Waals surface area contributed by atoms with Crippen molar-refractivity contribution >= 4 is 16.6 Å². The van der Waals surface area contributed by atoms with Crippen LogP contribution in [0.3, 0.4) is 0 Å². The average molecular weight is 390 g/mol.